The van der Waals surface area contributed by atoms with E-state index in [2.05, 4.69) is 5.32 Å². The summed E-state index contributed by atoms with van der Waals surface area (Å²) >= 11 is 6.22. The van der Waals surface area contributed by atoms with E-state index in [9.17, 15) is 14.0 Å². The molecule has 1 aliphatic carbocycles. The molecule has 3 rings (SSSR count). The number of hydrogen-bond acceptors (Lipinski definition) is 2. The molecule has 0 aromatic heterocycles. The summed E-state index contributed by atoms with van der Waals surface area (Å²) in [6.07, 6.45) is 4.94. The van der Waals surface area contributed by atoms with Gasteiger partial charge in [0, 0.05) is 24.0 Å². The number of aryl methyl sites for hydroxylation is 1. The van der Waals surface area contributed by atoms with Crippen LogP contribution in [0.1, 0.15) is 50.2 Å². The maximum atomic E-state index is 13.3. The van der Waals surface area contributed by atoms with Gasteiger partial charge in [-0.1, -0.05) is 54.8 Å². The van der Waals surface area contributed by atoms with E-state index in [1.54, 1.807) is 30.0 Å². The van der Waals surface area contributed by atoms with Crippen LogP contribution in [0, 0.1) is 5.82 Å². The van der Waals surface area contributed by atoms with Crippen LogP contribution in [0.3, 0.4) is 0 Å². The van der Waals surface area contributed by atoms with E-state index in [1.807, 2.05) is 18.2 Å². The van der Waals surface area contributed by atoms with Crippen molar-refractivity contribution in [2.75, 3.05) is 0 Å². The van der Waals surface area contributed by atoms with Gasteiger partial charge in [-0.25, -0.2) is 4.39 Å². The minimum atomic E-state index is -0.616. The van der Waals surface area contributed by atoms with Gasteiger partial charge in [-0.15, -0.1) is 0 Å². The number of amides is 2. The average molecular weight is 431 g/mol. The molecule has 0 spiro atoms. The predicted molar refractivity (Wildman–Crippen MR) is 117 cm³/mol. The van der Waals surface area contributed by atoms with E-state index in [-0.39, 0.29) is 36.6 Å². The van der Waals surface area contributed by atoms with Gasteiger partial charge >= 0.3 is 0 Å². The quantitative estimate of drug-likeness (QED) is 0.648. The van der Waals surface area contributed by atoms with Crippen molar-refractivity contribution in [3.05, 3.63) is 70.5 Å². The number of nitrogens with one attached hydrogen (secondary N) is 1. The van der Waals surface area contributed by atoms with Crippen molar-refractivity contribution in [1.82, 2.24) is 10.2 Å². The number of nitrogens with zero attached hydrogens (tertiary/aromatic N) is 1. The number of carbonyl (C=O) groups excluding carboxylic acids is 2. The summed E-state index contributed by atoms with van der Waals surface area (Å²) in [5.74, 6) is -0.606. The zero-order valence-electron chi connectivity index (χ0n) is 17.2. The standard InChI is InChI=1S/C24H28ClFN2O2/c1-17(24(30)27-21-7-3-4-8-21)28(16-18-10-13-20(26)14-11-18)23(29)15-12-19-6-2-5-9-22(19)25/h2,5-6,9-11,13-14,17,21H,3-4,7-8,12,15-16H2,1H3,(H,27,30). The smallest absolute Gasteiger partial charge is 0.242 e. The number of rotatable bonds is 8. The molecule has 160 valence electrons. The molecule has 0 saturated heterocycles. The summed E-state index contributed by atoms with van der Waals surface area (Å²) < 4.78 is 13.3. The summed E-state index contributed by atoms with van der Waals surface area (Å²) in [6.45, 7) is 2.00. The van der Waals surface area contributed by atoms with Crippen molar-refractivity contribution < 1.29 is 14.0 Å². The van der Waals surface area contributed by atoms with E-state index in [0.29, 0.717) is 11.4 Å². The zero-order valence-corrected chi connectivity index (χ0v) is 18.0. The van der Waals surface area contributed by atoms with Gasteiger partial charge in [0.25, 0.3) is 0 Å². The highest BCUT2D eigenvalue weighted by atomic mass is 35.5. The van der Waals surface area contributed by atoms with E-state index in [4.69, 9.17) is 11.6 Å². The molecule has 0 aliphatic heterocycles. The van der Waals surface area contributed by atoms with Crippen molar-refractivity contribution in [2.24, 2.45) is 0 Å². The fourth-order valence-electron chi connectivity index (χ4n) is 3.85. The molecule has 2 aromatic rings. The third kappa shape index (κ3) is 6.05. The van der Waals surface area contributed by atoms with Gasteiger partial charge in [-0.05, 0) is 55.5 Å². The lowest BCUT2D eigenvalue weighted by molar-refractivity contribution is -0.140. The van der Waals surface area contributed by atoms with Crippen molar-refractivity contribution in [3.63, 3.8) is 0 Å². The zero-order chi connectivity index (χ0) is 21.5. The molecule has 1 saturated carbocycles. The van der Waals surface area contributed by atoms with Crippen molar-refractivity contribution >= 4 is 23.4 Å². The molecule has 2 aromatic carbocycles. The summed E-state index contributed by atoms with van der Waals surface area (Å²) in [6, 6.07) is 13.0. The van der Waals surface area contributed by atoms with Gasteiger partial charge in [0.05, 0.1) is 0 Å². The molecule has 1 fully saturated rings. The molecule has 1 unspecified atom stereocenters. The Kier molecular flexibility index (Phi) is 7.86. The van der Waals surface area contributed by atoms with Crippen LogP contribution in [0.15, 0.2) is 48.5 Å². The number of carbonyl (C=O) groups is 2. The highest BCUT2D eigenvalue weighted by molar-refractivity contribution is 6.31. The third-order valence-electron chi connectivity index (χ3n) is 5.70. The second-order valence-electron chi connectivity index (χ2n) is 7.91. The van der Waals surface area contributed by atoms with Crippen molar-refractivity contribution in [2.45, 2.75) is 64.1 Å². The first kappa shape index (κ1) is 22.3. The first-order chi connectivity index (χ1) is 14.4. The van der Waals surface area contributed by atoms with Gasteiger partial charge in [0.1, 0.15) is 11.9 Å². The maximum absolute atomic E-state index is 13.3. The molecule has 4 nitrogen and oxygen atoms in total. The van der Waals surface area contributed by atoms with Gasteiger partial charge in [-0.3, -0.25) is 9.59 Å². The predicted octanol–water partition coefficient (Wildman–Crippen LogP) is 4.89. The summed E-state index contributed by atoms with van der Waals surface area (Å²) in [4.78, 5) is 27.5. The van der Waals surface area contributed by atoms with Gasteiger partial charge in [0.2, 0.25) is 11.8 Å². The van der Waals surface area contributed by atoms with Gasteiger partial charge in [-0.2, -0.15) is 0 Å². The summed E-state index contributed by atoms with van der Waals surface area (Å²) in [5, 5.41) is 3.71. The van der Waals surface area contributed by atoms with Crippen LogP contribution in [0.4, 0.5) is 4.39 Å². The minimum Gasteiger partial charge on any atom is -0.352 e. The molecular weight excluding hydrogens is 403 g/mol. The Morgan fingerprint density at radius 1 is 1.13 bits per heavy atom. The first-order valence-corrected chi connectivity index (χ1v) is 10.9. The van der Waals surface area contributed by atoms with Gasteiger partial charge in [0.15, 0.2) is 0 Å². The van der Waals surface area contributed by atoms with E-state index in [0.717, 1.165) is 36.8 Å². The van der Waals surface area contributed by atoms with Crippen molar-refractivity contribution in [3.8, 4) is 0 Å². The molecule has 1 N–H and O–H groups in total. The Bertz CT molecular complexity index is 866. The fourth-order valence-corrected chi connectivity index (χ4v) is 4.08. The molecule has 0 radical (unpaired) electrons. The van der Waals surface area contributed by atoms with Crippen LogP contribution in [-0.4, -0.2) is 28.8 Å². The second kappa shape index (κ2) is 10.6. The second-order valence-corrected chi connectivity index (χ2v) is 8.31. The Labute approximate surface area is 182 Å². The Hall–Kier alpha value is -2.40. The van der Waals surface area contributed by atoms with Crippen LogP contribution in [0.2, 0.25) is 5.02 Å². The Balaban J connectivity index is 1.71. The van der Waals surface area contributed by atoms with Crippen LogP contribution < -0.4 is 5.32 Å². The average Bonchev–Trinajstić information content (AvgIpc) is 3.25. The number of hydrogen-bond donors (Lipinski definition) is 1. The topological polar surface area (TPSA) is 49.4 Å². The lowest BCUT2D eigenvalue weighted by Crippen LogP contribution is -2.49. The Morgan fingerprint density at radius 3 is 2.47 bits per heavy atom. The number of halogens is 2. The van der Waals surface area contributed by atoms with Crippen LogP contribution in [0.5, 0.6) is 0 Å². The maximum Gasteiger partial charge on any atom is 0.242 e. The lowest BCUT2D eigenvalue weighted by Gasteiger charge is -2.30. The van der Waals surface area contributed by atoms with E-state index in [1.165, 1.54) is 12.1 Å². The largest absolute Gasteiger partial charge is 0.352 e. The third-order valence-corrected chi connectivity index (χ3v) is 6.07. The van der Waals surface area contributed by atoms with Crippen LogP contribution in [0.25, 0.3) is 0 Å². The number of benzene rings is 2. The van der Waals surface area contributed by atoms with Crippen LogP contribution in [-0.2, 0) is 22.6 Å². The molecule has 2 amide bonds. The summed E-state index contributed by atoms with van der Waals surface area (Å²) in [5.41, 5.74) is 1.68. The SMILES string of the molecule is CC(C(=O)NC1CCCC1)N(Cc1ccc(F)cc1)C(=O)CCc1ccccc1Cl. The molecule has 1 aliphatic rings. The van der Waals surface area contributed by atoms with Crippen LogP contribution >= 0.6 is 11.6 Å². The minimum absolute atomic E-state index is 0.131. The molecule has 30 heavy (non-hydrogen) atoms. The molecule has 0 bridgehead atoms. The first-order valence-electron chi connectivity index (χ1n) is 10.5. The van der Waals surface area contributed by atoms with E-state index < -0.39 is 6.04 Å². The monoisotopic (exact) mass is 430 g/mol. The molecular formula is C24H28ClFN2O2. The highest BCUT2D eigenvalue weighted by Crippen LogP contribution is 2.20. The fraction of sp³-hybridized carbons (Fsp3) is 0.417. The Morgan fingerprint density at radius 2 is 1.80 bits per heavy atom. The van der Waals surface area contributed by atoms with Gasteiger partial charge < -0.3 is 10.2 Å². The molecule has 0 heterocycles. The van der Waals surface area contributed by atoms with Crippen molar-refractivity contribution in [1.29, 1.82) is 0 Å². The normalized spacial score (nSPS) is 15.0. The summed E-state index contributed by atoms with van der Waals surface area (Å²) in [7, 11) is 0. The van der Waals surface area contributed by atoms with E-state index >= 15 is 0 Å². The molecule has 1 atom stereocenters. The highest BCUT2D eigenvalue weighted by Gasteiger charge is 2.28. The molecule has 6 heteroatoms. The lowest BCUT2D eigenvalue weighted by atomic mass is 10.1.